The molecule has 7 nitrogen and oxygen atoms in total. The van der Waals surface area contributed by atoms with Crippen molar-refractivity contribution in [2.45, 2.75) is 45.4 Å². The van der Waals surface area contributed by atoms with Crippen LogP contribution in [0.1, 0.15) is 75.0 Å². The first-order chi connectivity index (χ1) is 18.9. The molecule has 39 heavy (non-hydrogen) atoms. The average Bonchev–Trinajstić information content (AvgIpc) is 3.49. The Kier molecular flexibility index (Phi) is 6.27. The number of nitrogens with two attached hydrogens (primary N) is 1. The van der Waals surface area contributed by atoms with Crippen LogP contribution in [0.4, 0.5) is 10.2 Å². The lowest BCUT2D eigenvalue weighted by Gasteiger charge is -2.18. The van der Waals surface area contributed by atoms with Crippen LogP contribution in [0.2, 0.25) is 0 Å². The summed E-state index contributed by atoms with van der Waals surface area (Å²) in [6.07, 6.45) is 2.80. The van der Waals surface area contributed by atoms with Crippen LogP contribution in [-0.2, 0) is 17.7 Å². The predicted molar refractivity (Wildman–Crippen MR) is 146 cm³/mol. The third-order valence-corrected chi connectivity index (χ3v) is 7.57. The van der Waals surface area contributed by atoms with Crippen molar-refractivity contribution in [2.24, 2.45) is 0 Å². The summed E-state index contributed by atoms with van der Waals surface area (Å²) in [5, 5.41) is 3.06. The molecule has 0 unspecified atom stereocenters. The Balaban J connectivity index is 1.25. The molecule has 6 rings (SSSR count). The molecule has 0 spiro atoms. The number of nitrogen functional groups attached to an aromatic ring is 1. The number of aromatic nitrogens is 2. The number of methoxy groups -OCH3 is 1. The highest BCUT2D eigenvalue weighted by Crippen LogP contribution is 2.54. The Morgan fingerprint density at radius 2 is 1.82 bits per heavy atom. The molecule has 0 saturated carbocycles. The van der Waals surface area contributed by atoms with Crippen LogP contribution in [0.25, 0.3) is 11.1 Å². The zero-order chi connectivity index (χ0) is 27.3. The molecule has 0 fully saturated rings. The van der Waals surface area contributed by atoms with E-state index in [2.05, 4.69) is 22.2 Å². The van der Waals surface area contributed by atoms with E-state index in [0.717, 1.165) is 51.9 Å². The molecule has 4 aromatic rings. The highest BCUT2D eigenvalue weighted by Gasteiger charge is 2.43. The molecule has 2 atom stereocenters. The molecule has 2 aliphatic rings. The van der Waals surface area contributed by atoms with E-state index in [0.29, 0.717) is 29.1 Å². The van der Waals surface area contributed by atoms with Crippen molar-refractivity contribution < 1.29 is 18.7 Å². The number of carbonyl (C=O) groups is 1. The summed E-state index contributed by atoms with van der Waals surface area (Å²) >= 11 is 0. The fraction of sp³-hybridized carbons (Fsp3) is 0.258. The summed E-state index contributed by atoms with van der Waals surface area (Å²) in [7, 11) is 1.46. The smallest absolute Gasteiger partial charge is 0.251 e. The van der Waals surface area contributed by atoms with E-state index in [-0.39, 0.29) is 24.0 Å². The molecule has 1 amide bonds. The van der Waals surface area contributed by atoms with Gasteiger partial charge in [0.25, 0.3) is 5.91 Å². The Bertz CT molecular complexity index is 1620. The maximum atomic E-state index is 14.7. The quantitative estimate of drug-likeness (QED) is 0.327. The number of fused-ring (bicyclic) bond motifs is 8. The van der Waals surface area contributed by atoms with Crippen LogP contribution in [0.5, 0.6) is 5.88 Å². The molecule has 2 aromatic heterocycles. The van der Waals surface area contributed by atoms with Crippen molar-refractivity contribution in [3.05, 3.63) is 105 Å². The average molecular weight is 525 g/mol. The Morgan fingerprint density at radius 3 is 2.56 bits per heavy atom. The van der Waals surface area contributed by atoms with Crippen molar-refractivity contribution in [3.8, 4) is 17.0 Å². The molecule has 2 bridgehead atoms. The van der Waals surface area contributed by atoms with Gasteiger partial charge in [-0.2, -0.15) is 0 Å². The third-order valence-electron chi connectivity index (χ3n) is 7.57. The first-order valence-electron chi connectivity index (χ1n) is 13.0. The maximum Gasteiger partial charge on any atom is 0.251 e. The normalized spacial score (nSPS) is 16.6. The minimum Gasteiger partial charge on any atom is -0.481 e. The van der Waals surface area contributed by atoms with Gasteiger partial charge in [0.1, 0.15) is 23.8 Å². The number of anilines is 1. The maximum absolute atomic E-state index is 14.7. The third kappa shape index (κ3) is 4.30. The highest BCUT2D eigenvalue weighted by molar-refractivity contribution is 5.94. The van der Waals surface area contributed by atoms with Crippen molar-refractivity contribution in [1.29, 1.82) is 0 Å². The summed E-state index contributed by atoms with van der Waals surface area (Å²) in [6.45, 7) is 4.40. The lowest BCUT2D eigenvalue weighted by Crippen LogP contribution is -2.24. The summed E-state index contributed by atoms with van der Waals surface area (Å²) < 4.78 is 26.1. The number of amides is 1. The van der Waals surface area contributed by atoms with E-state index in [1.807, 2.05) is 49.4 Å². The van der Waals surface area contributed by atoms with Crippen LogP contribution in [-0.4, -0.2) is 23.0 Å². The lowest BCUT2D eigenvalue weighted by molar-refractivity contribution is 0.0857. The molecule has 2 aromatic carbocycles. The molecule has 3 N–H and O–H groups in total. The number of benzene rings is 2. The molecule has 2 aliphatic heterocycles. The zero-order valence-corrected chi connectivity index (χ0v) is 22.0. The number of nitrogens with one attached hydrogen (secondary N) is 1. The molecule has 8 heteroatoms. The van der Waals surface area contributed by atoms with E-state index in [9.17, 15) is 9.18 Å². The van der Waals surface area contributed by atoms with Gasteiger partial charge in [-0.25, -0.2) is 14.4 Å². The fourth-order valence-electron chi connectivity index (χ4n) is 5.69. The monoisotopic (exact) mass is 524 g/mol. The van der Waals surface area contributed by atoms with Gasteiger partial charge in [0.05, 0.1) is 7.11 Å². The second-order valence-corrected chi connectivity index (χ2v) is 9.99. The van der Waals surface area contributed by atoms with Gasteiger partial charge in [0.15, 0.2) is 0 Å². The number of nitrogens with zero attached hydrogens (tertiary/aromatic N) is 2. The van der Waals surface area contributed by atoms with Crippen LogP contribution >= 0.6 is 0 Å². The van der Waals surface area contributed by atoms with Gasteiger partial charge in [0.2, 0.25) is 5.88 Å². The molecule has 0 aliphatic carbocycles. The van der Waals surface area contributed by atoms with Crippen LogP contribution < -0.4 is 15.8 Å². The van der Waals surface area contributed by atoms with E-state index < -0.39 is 5.82 Å². The number of pyridine rings is 2. The second-order valence-electron chi connectivity index (χ2n) is 9.99. The van der Waals surface area contributed by atoms with Crippen molar-refractivity contribution in [2.75, 3.05) is 12.8 Å². The standard InChI is InChI=1S/C31H29FN4O3/c1-4-5-17-12-27(33)36-16(2)24(17)14-35-31(37)19-7-9-21-23(11-19)30-22-10-18(6-8-20(22)29(21)39-30)25-15-34-28(38-3)13-26(25)32/h6-13,15,29-30H,4-5,14H2,1-3H3,(H2,33,36)(H,35,37)/t29-,30+/m0/s1. The number of rotatable bonds is 7. The van der Waals surface area contributed by atoms with Crippen molar-refractivity contribution in [1.82, 2.24) is 15.3 Å². The van der Waals surface area contributed by atoms with Gasteiger partial charge in [-0.3, -0.25) is 4.79 Å². The van der Waals surface area contributed by atoms with E-state index in [1.54, 1.807) is 0 Å². The zero-order valence-electron chi connectivity index (χ0n) is 22.0. The Labute approximate surface area is 226 Å². The Hall–Kier alpha value is -4.30. The second kappa shape index (κ2) is 9.78. The first kappa shape index (κ1) is 25.0. The van der Waals surface area contributed by atoms with E-state index >= 15 is 0 Å². The first-order valence-corrected chi connectivity index (χ1v) is 13.0. The van der Waals surface area contributed by atoms with Gasteiger partial charge in [0, 0.05) is 35.6 Å². The molecular formula is C31H29FN4O3. The van der Waals surface area contributed by atoms with Crippen LogP contribution in [0.3, 0.4) is 0 Å². The van der Waals surface area contributed by atoms with Gasteiger partial charge in [-0.15, -0.1) is 0 Å². The van der Waals surface area contributed by atoms with E-state index in [1.165, 1.54) is 19.4 Å². The van der Waals surface area contributed by atoms with Gasteiger partial charge >= 0.3 is 0 Å². The minimum absolute atomic E-state index is 0.167. The van der Waals surface area contributed by atoms with Gasteiger partial charge in [-0.1, -0.05) is 31.5 Å². The molecule has 4 heterocycles. The van der Waals surface area contributed by atoms with Crippen molar-refractivity contribution in [3.63, 3.8) is 0 Å². The summed E-state index contributed by atoms with van der Waals surface area (Å²) in [4.78, 5) is 21.7. The highest BCUT2D eigenvalue weighted by atomic mass is 19.1. The molecule has 198 valence electrons. The minimum atomic E-state index is -0.404. The number of halogens is 1. The summed E-state index contributed by atoms with van der Waals surface area (Å²) in [5.74, 6) is 0.150. The van der Waals surface area contributed by atoms with Crippen LogP contribution in [0, 0.1) is 12.7 Å². The Morgan fingerprint density at radius 1 is 1.08 bits per heavy atom. The number of carbonyl (C=O) groups excluding carboxylic acids is 1. The van der Waals surface area contributed by atoms with Gasteiger partial charge in [-0.05, 0) is 76.6 Å². The molecule has 0 radical (unpaired) electrons. The molecular weight excluding hydrogens is 495 g/mol. The largest absolute Gasteiger partial charge is 0.481 e. The van der Waals surface area contributed by atoms with Crippen molar-refractivity contribution >= 4 is 11.7 Å². The fourth-order valence-corrected chi connectivity index (χ4v) is 5.69. The number of hydrogen-bond donors (Lipinski definition) is 2. The summed E-state index contributed by atoms with van der Waals surface area (Å²) in [6, 6.07) is 14.7. The topological polar surface area (TPSA) is 99.4 Å². The number of ether oxygens (including phenoxy) is 2. The van der Waals surface area contributed by atoms with Crippen LogP contribution in [0.15, 0.2) is 54.7 Å². The predicted octanol–water partition coefficient (Wildman–Crippen LogP) is 5.59. The van der Waals surface area contributed by atoms with Gasteiger partial charge < -0.3 is 20.5 Å². The summed E-state index contributed by atoms with van der Waals surface area (Å²) in [5.41, 5.74) is 14.6. The SMILES string of the molecule is CCCc1cc(N)nc(C)c1CNC(=O)c1ccc2c(c1)[C@@H]1O[C@H]2c2ccc(-c3cnc(OC)cc3F)cc21. The molecule has 0 saturated heterocycles. The number of aryl methyl sites for hydroxylation is 2. The number of hydrogen-bond acceptors (Lipinski definition) is 6. The lowest BCUT2D eigenvalue weighted by atomic mass is 9.84. The van der Waals surface area contributed by atoms with E-state index in [4.69, 9.17) is 15.2 Å².